The fourth-order valence-electron chi connectivity index (χ4n) is 1.80. The minimum atomic E-state index is 0.877. The molecule has 0 rings (SSSR count). The fraction of sp³-hybridized carbons (Fsp3) is 1.00. The van der Waals surface area contributed by atoms with Gasteiger partial charge in [0, 0.05) is 0 Å². The second-order valence-electron chi connectivity index (χ2n) is 4.74. The van der Waals surface area contributed by atoms with Crippen LogP contribution in [0.5, 0.6) is 0 Å². The first-order valence-electron chi connectivity index (χ1n) is 5.57. The zero-order valence-electron chi connectivity index (χ0n) is 9.56. The van der Waals surface area contributed by atoms with E-state index in [2.05, 4.69) is 34.6 Å². The molecule has 0 nitrogen and oxygen atoms in total. The summed E-state index contributed by atoms with van der Waals surface area (Å²) in [6.07, 6.45) is 5.62. The Hall–Kier alpha value is 0. The van der Waals surface area contributed by atoms with E-state index in [1.54, 1.807) is 0 Å². The van der Waals surface area contributed by atoms with Gasteiger partial charge in [0.1, 0.15) is 0 Å². The molecule has 0 spiro atoms. The number of hydrogen-bond donors (Lipinski definition) is 0. The Kier molecular flexibility index (Phi) is 6.51. The Bertz CT molecular complexity index is 92.2. The van der Waals surface area contributed by atoms with Gasteiger partial charge in [-0.25, -0.2) is 0 Å². The first kappa shape index (κ1) is 12.0. The van der Waals surface area contributed by atoms with Gasteiger partial charge in [-0.2, -0.15) is 0 Å². The molecule has 0 radical (unpaired) electrons. The van der Waals surface area contributed by atoms with Crippen molar-refractivity contribution in [3.8, 4) is 0 Å². The minimum Gasteiger partial charge on any atom is -0.0651 e. The van der Waals surface area contributed by atoms with Gasteiger partial charge in [0.25, 0.3) is 0 Å². The lowest BCUT2D eigenvalue weighted by atomic mass is 9.87. The number of hydrogen-bond acceptors (Lipinski definition) is 0. The third kappa shape index (κ3) is 5.62. The third-order valence-corrected chi connectivity index (χ3v) is 2.82. The van der Waals surface area contributed by atoms with E-state index in [9.17, 15) is 0 Å². The van der Waals surface area contributed by atoms with Gasteiger partial charge in [-0.05, 0) is 17.8 Å². The number of rotatable bonds is 6. The molecule has 0 saturated carbocycles. The normalized spacial score (nSPS) is 14.2. The largest absolute Gasteiger partial charge is 0.0651 e. The van der Waals surface area contributed by atoms with Crippen LogP contribution in [0.25, 0.3) is 0 Å². The van der Waals surface area contributed by atoms with E-state index in [4.69, 9.17) is 0 Å². The van der Waals surface area contributed by atoms with Crippen LogP contribution < -0.4 is 0 Å². The van der Waals surface area contributed by atoms with Crippen molar-refractivity contribution in [2.24, 2.45) is 17.8 Å². The highest BCUT2D eigenvalue weighted by molar-refractivity contribution is 4.61. The molecule has 0 aromatic rings. The van der Waals surface area contributed by atoms with E-state index < -0.39 is 0 Å². The van der Waals surface area contributed by atoms with Crippen LogP contribution in [-0.2, 0) is 0 Å². The van der Waals surface area contributed by atoms with Crippen molar-refractivity contribution in [3.05, 3.63) is 0 Å². The summed E-state index contributed by atoms with van der Waals surface area (Å²) < 4.78 is 0. The summed E-state index contributed by atoms with van der Waals surface area (Å²) in [5, 5.41) is 0. The molecule has 74 valence electrons. The Labute approximate surface area is 78.8 Å². The van der Waals surface area contributed by atoms with Crippen molar-refractivity contribution in [2.75, 3.05) is 0 Å². The van der Waals surface area contributed by atoms with E-state index in [-0.39, 0.29) is 0 Å². The zero-order valence-corrected chi connectivity index (χ0v) is 9.56. The summed E-state index contributed by atoms with van der Waals surface area (Å²) in [6, 6.07) is 0. The lowest BCUT2D eigenvalue weighted by Crippen LogP contribution is -2.07. The maximum atomic E-state index is 2.35. The molecular formula is C12H26. The topological polar surface area (TPSA) is 0 Å². The molecule has 0 aromatic heterocycles. The van der Waals surface area contributed by atoms with E-state index in [1.165, 1.54) is 25.7 Å². The summed E-state index contributed by atoms with van der Waals surface area (Å²) in [6.45, 7) is 11.7. The molecule has 0 N–H and O–H groups in total. The van der Waals surface area contributed by atoms with Crippen LogP contribution in [0.3, 0.4) is 0 Å². The van der Waals surface area contributed by atoms with Gasteiger partial charge in [-0.3, -0.25) is 0 Å². The highest BCUT2D eigenvalue weighted by Gasteiger charge is 2.10. The average Bonchev–Trinajstić information content (AvgIpc) is 1.96. The maximum Gasteiger partial charge on any atom is -0.0394 e. The van der Waals surface area contributed by atoms with E-state index in [0.29, 0.717) is 0 Å². The van der Waals surface area contributed by atoms with Gasteiger partial charge in [-0.15, -0.1) is 0 Å². The second-order valence-corrected chi connectivity index (χ2v) is 4.74. The highest BCUT2D eigenvalue weighted by Crippen LogP contribution is 2.22. The van der Waals surface area contributed by atoms with Crippen LogP contribution in [0.2, 0.25) is 0 Å². The molecule has 0 aliphatic rings. The maximum absolute atomic E-state index is 2.35. The Morgan fingerprint density at radius 3 is 1.83 bits per heavy atom. The van der Waals surface area contributed by atoms with Crippen LogP contribution in [0, 0.1) is 17.8 Å². The Morgan fingerprint density at radius 2 is 1.50 bits per heavy atom. The van der Waals surface area contributed by atoms with Gasteiger partial charge in [0.2, 0.25) is 0 Å². The van der Waals surface area contributed by atoms with Gasteiger partial charge < -0.3 is 0 Å². The van der Waals surface area contributed by atoms with E-state index in [1.807, 2.05) is 0 Å². The molecule has 0 saturated heterocycles. The van der Waals surface area contributed by atoms with E-state index in [0.717, 1.165) is 17.8 Å². The smallest absolute Gasteiger partial charge is 0.0394 e. The molecule has 0 aromatic carbocycles. The summed E-state index contributed by atoms with van der Waals surface area (Å²) in [5.74, 6) is 2.72. The zero-order chi connectivity index (χ0) is 9.56. The Balaban J connectivity index is 3.45. The SMILES string of the molecule is CCC(CCCC(C)C)C(C)C. The first-order chi connectivity index (χ1) is 5.57. The van der Waals surface area contributed by atoms with E-state index >= 15 is 0 Å². The molecule has 0 heteroatoms. The third-order valence-electron chi connectivity index (χ3n) is 2.82. The van der Waals surface area contributed by atoms with Crippen LogP contribution in [0.4, 0.5) is 0 Å². The monoisotopic (exact) mass is 170 g/mol. The molecule has 1 atom stereocenters. The van der Waals surface area contributed by atoms with Gasteiger partial charge >= 0.3 is 0 Å². The molecule has 0 amide bonds. The fourth-order valence-corrected chi connectivity index (χ4v) is 1.80. The Morgan fingerprint density at radius 1 is 0.917 bits per heavy atom. The van der Waals surface area contributed by atoms with Crippen LogP contribution >= 0.6 is 0 Å². The van der Waals surface area contributed by atoms with Crippen molar-refractivity contribution in [1.29, 1.82) is 0 Å². The molecule has 0 bridgehead atoms. The average molecular weight is 170 g/mol. The van der Waals surface area contributed by atoms with Crippen LogP contribution in [0.15, 0.2) is 0 Å². The lowest BCUT2D eigenvalue weighted by molar-refractivity contribution is 0.329. The molecule has 12 heavy (non-hydrogen) atoms. The highest BCUT2D eigenvalue weighted by atomic mass is 14.2. The summed E-state index contributed by atoms with van der Waals surface area (Å²) >= 11 is 0. The van der Waals surface area contributed by atoms with Crippen molar-refractivity contribution in [2.45, 2.75) is 60.3 Å². The molecule has 0 aliphatic carbocycles. The predicted molar refractivity (Wildman–Crippen MR) is 57.3 cm³/mol. The summed E-state index contributed by atoms with van der Waals surface area (Å²) in [5.41, 5.74) is 0. The molecule has 0 heterocycles. The van der Waals surface area contributed by atoms with Crippen molar-refractivity contribution >= 4 is 0 Å². The van der Waals surface area contributed by atoms with Crippen molar-refractivity contribution < 1.29 is 0 Å². The molecule has 0 fully saturated rings. The summed E-state index contributed by atoms with van der Waals surface area (Å²) in [4.78, 5) is 0. The molecule has 1 unspecified atom stereocenters. The molecule has 0 aliphatic heterocycles. The molecular weight excluding hydrogens is 144 g/mol. The van der Waals surface area contributed by atoms with Crippen LogP contribution in [-0.4, -0.2) is 0 Å². The second kappa shape index (κ2) is 6.51. The van der Waals surface area contributed by atoms with Crippen molar-refractivity contribution in [3.63, 3.8) is 0 Å². The summed E-state index contributed by atoms with van der Waals surface area (Å²) in [7, 11) is 0. The predicted octanol–water partition coefficient (Wildman–Crippen LogP) is 4.49. The lowest BCUT2D eigenvalue weighted by Gasteiger charge is -2.19. The van der Waals surface area contributed by atoms with Crippen molar-refractivity contribution in [1.82, 2.24) is 0 Å². The quantitative estimate of drug-likeness (QED) is 0.551. The van der Waals surface area contributed by atoms with Gasteiger partial charge in [0.05, 0.1) is 0 Å². The first-order valence-corrected chi connectivity index (χ1v) is 5.57. The standard InChI is InChI=1S/C12H26/c1-6-12(11(4)5)9-7-8-10(2)3/h10-12H,6-9H2,1-5H3. The minimum absolute atomic E-state index is 0.877. The van der Waals surface area contributed by atoms with Gasteiger partial charge in [0.15, 0.2) is 0 Å². The van der Waals surface area contributed by atoms with Gasteiger partial charge in [-0.1, -0.05) is 60.3 Å². The van der Waals surface area contributed by atoms with Crippen LogP contribution in [0.1, 0.15) is 60.3 Å².